The standard InChI is InChI=1S/C18H24N4O2/c1-12-8-20-22(10-12)11-17(18(23)24)19-9-14-7-13(2)21-16-6-4-3-5-15(14)16/h7-8,10,17,19H,3-6,9,11H2,1-2H3,(H,23,24). The number of aliphatic carboxylic acids is 1. The fourth-order valence-electron chi connectivity index (χ4n) is 3.32. The molecule has 1 atom stereocenters. The lowest BCUT2D eigenvalue weighted by molar-refractivity contribution is -0.140. The molecule has 0 aromatic carbocycles. The van der Waals surface area contributed by atoms with Crippen LogP contribution in [-0.2, 0) is 30.7 Å². The van der Waals surface area contributed by atoms with Crippen molar-refractivity contribution in [1.82, 2.24) is 20.1 Å². The summed E-state index contributed by atoms with van der Waals surface area (Å²) in [6.07, 6.45) is 8.03. The minimum absolute atomic E-state index is 0.315. The third-order valence-electron chi connectivity index (χ3n) is 4.49. The summed E-state index contributed by atoms with van der Waals surface area (Å²) in [6.45, 7) is 4.80. The van der Waals surface area contributed by atoms with E-state index in [1.54, 1.807) is 10.9 Å². The summed E-state index contributed by atoms with van der Waals surface area (Å²) in [5.74, 6) is -0.859. The molecule has 0 radical (unpaired) electrons. The van der Waals surface area contributed by atoms with Gasteiger partial charge in [-0.3, -0.25) is 19.8 Å². The predicted molar refractivity (Wildman–Crippen MR) is 90.8 cm³/mol. The van der Waals surface area contributed by atoms with Crippen LogP contribution in [0.2, 0.25) is 0 Å². The van der Waals surface area contributed by atoms with Gasteiger partial charge in [0.15, 0.2) is 0 Å². The molecule has 1 unspecified atom stereocenters. The van der Waals surface area contributed by atoms with Crippen molar-refractivity contribution in [1.29, 1.82) is 0 Å². The van der Waals surface area contributed by atoms with E-state index in [0.29, 0.717) is 13.1 Å². The topological polar surface area (TPSA) is 80.0 Å². The van der Waals surface area contributed by atoms with E-state index in [-0.39, 0.29) is 0 Å². The summed E-state index contributed by atoms with van der Waals surface area (Å²) in [5, 5.41) is 16.9. The fourth-order valence-corrected chi connectivity index (χ4v) is 3.32. The average Bonchev–Trinajstić information content (AvgIpc) is 2.95. The smallest absolute Gasteiger partial charge is 0.322 e. The monoisotopic (exact) mass is 328 g/mol. The van der Waals surface area contributed by atoms with Crippen LogP contribution in [0.5, 0.6) is 0 Å². The van der Waals surface area contributed by atoms with Crippen molar-refractivity contribution in [2.45, 2.75) is 58.7 Å². The van der Waals surface area contributed by atoms with Gasteiger partial charge in [0.05, 0.1) is 12.7 Å². The summed E-state index contributed by atoms with van der Waals surface area (Å²) in [5.41, 5.74) is 5.70. The first-order valence-corrected chi connectivity index (χ1v) is 8.46. The van der Waals surface area contributed by atoms with Gasteiger partial charge in [0.2, 0.25) is 0 Å². The number of aromatic nitrogens is 3. The Morgan fingerprint density at radius 3 is 2.88 bits per heavy atom. The van der Waals surface area contributed by atoms with Gasteiger partial charge in [0.1, 0.15) is 6.04 Å². The molecule has 0 amide bonds. The number of nitrogens with one attached hydrogen (secondary N) is 1. The molecule has 1 aliphatic rings. The maximum Gasteiger partial charge on any atom is 0.322 e. The molecule has 0 saturated carbocycles. The molecular weight excluding hydrogens is 304 g/mol. The molecule has 0 aliphatic heterocycles. The summed E-state index contributed by atoms with van der Waals surface area (Å²) in [4.78, 5) is 16.2. The van der Waals surface area contributed by atoms with Crippen molar-refractivity contribution in [3.05, 3.63) is 46.5 Å². The maximum absolute atomic E-state index is 11.6. The first kappa shape index (κ1) is 16.6. The van der Waals surface area contributed by atoms with E-state index in [1.807, 2.05) is 20.0 Å². The number of hydrogen-bond donors (Lipinski definition) is 2. The normalized spacial score (nSPS) is 15.1. The minimum atomic E-state index is -0.859. The molecule has 2 heterocycles. The van der Waals surface area contributed by atoms with Gasteiger partial charge >= 0.3 is 5.97 Å². The zero-order chi connectivity index (χ0) is 17.1. The maximum atomic E-state index is 11.6. The first-order valence-electron chi connectivity index (χ1n) is 8.46. The zero-order valence-electron chi connectivity index (χ0n) is 14.2. The van der Waals surface area contributed by atoms with Gasteiger partial charge in [-0.15, -0.1) is 0 Å². The Morgan fingerprint density at radius 2 is 2.17 bits per heavy atom. The third-order valence-corrected chi connectivity index (χ3v) is 4.49. The minimum Gasteiger partial charge on any atom is -0.480 e. The Bertz CT molecular complexity index is 739. The van der Waals surface area contributed by atoms with Gasteiger partial charge in [-0.05, 0) is 62.3 Å². The van der Waals surface area contributed by atoms with Gasteiger partial charge in [-0.25, -0.2) is 0 Å². The summed E-state index contributed by atoms with van der Waals surface area (Å²) < 4.78 is 1.67. The summed E-state index contributed by atoms with van der Waals surface area (Å²) in [7, 11) is 0. The van der Waals surface area contributed by atoms with E-state index >= 15 is 0 Å². The molecule has 3 rings (SSSR count). The lowest BCUT2D eigenvalue weighted by Gasteiger charge is -2.21. The van der Waals surface area contributed by atoms with Crippen LogP contribution in [0.4, 0.5) is 0 Å². The number of carboxylic acid groups (broad SMARTS) is 1. The number of fused-ring (bicyclic) bond motifs is 1. The highest BCUT2D eigenvalue weighted by Gasteiger charge is 2.20. The Morgan fingerprint density at radius 1 is 1.38 bits per heavy atom. The predicted octanol–water partition coefficient (Wildman–Crippen LogP) is 2.02. The molecule has 128 valence electrons. The van der Waals surface area contributed by atoms with Crippen LogP contribution in [0.3, 0.4) is 0 Å². The molecule has 24 heavy (non-hydrogen) atoms. The van der Waals surface area contributed by atoms with Gasteiger partial charge in [0, 0.05) is 24.1 Å². The van der Waals surface area contributed by atoms with Crippen molar-refractivity contribution >= 4 is 5.97 Å². The molecule has 2 aromatic rings. The van der Waals surface area contributed by atoms with Crippen LogP contribution in [0.25, 0.3) is 0 Å². The fraction of sp³-hybridized carbons (Fsp3) is 0.500. The van der Waals surface area contributed by atoms with Crippen LogP contribution in [-0.4, -0.2) is 31.9 Å². The van der Waals surface area contributed by atoms with Crippen molar-refractivity contribution < 1.29 is 9.90 Å². The molecule has 2 aromatic heterocycles. The molecule has 2 N–H and O–H groups in total. The Labute approximate surface area is 141 Å². The van der Waals surface area contributed by atoms with E-state index < -0.39 is 12.0 Å². The molecule has 1 aliphatic carbocycles. The van der Waals surface area contributed by atoms with Gasteiger partial charge < -0.3 is 5.11 Å². The van der Waals surface area contributed by atoms with E-state index in [4.69, 9.17) is 0 Å². The molecule has 0 fully saturated rings. The van der Waals surface area contributed by atoms with E-state index in [2.05, 4.69) is 21.5 Å². The number of nitrogens with zero attached hydrogens (tertiary/aromatic N) is 3. The highest BCUT2D eigenvalue weighted by Crippen LogP contribution is 2.24. The highest BCUT2D eigenvalue weighted by atomic mass is 16.4. The number of rotatable bonds is 6. The average molecular weight is 328 g/mol. The molecule has 0 bridgehead atoms. The van der Waals surface area contributed by atoms with Gasteiger partial charge in [0.25, 0.3) is 0 Å². The second-order valence-corrected chi connectivity index (χ2v) is 6.57. The number of aryl methyl sites for hydroxylation is 3. The number of carbonyl (C=O) groups is 1. The zero-order valence-corrected chi connectivity index (χ0v) is 14.2. The highest BCUT2D eigenvalue weighted by molar-refractivity contribution is 5.73. The lowest BCUT2D eigenvalue weighted by atomic mass is 9.91. The first-order chi connectivity index (χ1) is 11.5. The van der Waals surface area contributed by atoms with E-state index in [1.165, 1.54) is 29.7 Å². The van der Waals surface area contributed by atoms with Gasteiger partial charge in [-0.1, -0.05) is 0 Å². The van der Waals surface area contributed by atoms with Crippen LogP contribution < -0.4 is 5.32 Å². The number of hydrogen-bond acceptors (Lipinski definition) is 4. The second-order valence-electron chi connectivity index (χ2n) is 6.57. The number of carboxylic acids is 1. The number of pyridine rings is 1. The lowest BCUT2D eigenvalue weighted by Crippen LogP contribution is -2.40. The molecule has 6 nitrogen and oxygen atoms in total. The van der Waals surface area contributed by atoms with Crippen molar-refractivity contribution in [2.75, 3.05) is 0 Å². The molecule has 6 heteroatoms. The van der Waals surface area contributed by atoms with Crippen LogP contribution in [0.15, 0.2) is 18.5 Å². The SMILES string of the molecule is Cc1cnn(CC(NCc2cc(C)nc3c2CCCC3)C(=O)O)c1. The van der Waals surface area contributed by atoms with Crippen molar-refractivity contribution in [2.24, 2.45) is 0 Å². The second kappa shape index (κ2) is 7.13. The van der Waals surface area contributed by atoms with Crippen molar-refractivity contribution in [3.63, 3.8) is 0 Å². The van der Waals surface area contributed by atoms with Crippen molar-refractivity contribution in [3.8, 4) is 0 Å². The molecule has 0 saturated heterocycles. The van der Waals surface area contributed by atoms with E-state index in [0.717, 1.165) is 24.1 Å². The van der Waals surface area contributed by atoms with Crippen LogP contribution in [0, 0.1) is 13.8 Å². The van der Waals surface area contributed by atoms with Crippen LogP contribution in [0.1, 0.15) is 40.9 Å². The third kappa shape index (κ3) is 3.82. The quantitative estimate of drug-likeness (QED) is 0.848. The van der Waals surface area contributed by atoms with Gasteiger partial charge in [-0.2, -0.15) is 5.10 Å². The largest absolute Gasteiger partial charge is 0.480 e. The summed E-state index contributed by atoms with van der Waals surface area (Å²) >= 11 is 0. The van der Waals surface area contributed by atoms with E-state index in [9.17, 15) is 9.90 Å². The van der Waals surface area contributed by atoms with Crippen LogP contribution >= 0.6 is 0 Å². The molecule has 0 spiro atoms. The Hall–Kier alpha value is -2.21. The Balaban J connectivity index is 1.73. The Kier molecular flexibility index (Phi) is 4.94. The summed E-state index contributed by atoms with van der Waals surface area (Å²) in [6, 6.07) is 1.41. The molecular formula is C18H24N4O2.